The number of piperazine rings is 1. The van der Waals surface area contributed by atoms with E-state index in [-0.39, 0.29) is 12.1 Å². The van der Waals surface area contributed by atoms with Gasteiger partial charge in [0.1, 0.15) is 23.0 Å². The number of amides is 2. The normalized spacial score (nSPS) is 16.9. The van der Waals surface area contributed by atoms with Crippen LogP contribution >= 0.6 is 0 Å². The Bertz CT molecular complexity index is 1300. The molecule has 1 N–H and O–H groups in total. The standard InChI is InChI=1S/C28H30N4O3/c1-18-10-12-24-21(15-18)27(29-23-11-9-19(2)16-26(23)35-24)31-13-14-32(20(3)17-31)28(33)30-22-7-5-6-8-25(22)34-4/h5-12,15-16,20H,13-14,17H2,1-4H3,(H,30,33)/t20-/m0/s1. The molecule has 2 amide bonds. The highest BCUT2D eigenvalue weighted by atomic mass is 16.5. The van der Waals surface area contributed by atoms with Gasteiger partial charge in [-0.15, -0.1) is 0 Å². The molecule has 2 aliphatic rings. The molecule has 5 rings (SSSR count). The number of fused-ring (bicyclic) bond motifs is 2. The molecule has 0 aromatic heterocycles. The van der Waals surface area contributed by atoms with Crippen LogP contribution in [0.15, 0.2) is 65.7 Å². The Balaban J connectivity index is 1.41. The van der Waals surface area contributed by atoms with Gasteiger partial charge in [-0.25, -0.2) is 9.79 Å². The number of hydrogen-bond donors (Lipinski definition) is 1. The van der Waals surface area contributed by atoms with Gasteiger partial charge in [0.2, 0.25) is 0 Å². The van der Waals surface area contributed by atoms with Crippen molar-refractivity contribution in [2.45, 2.75) is 26.8 Å². The topological polar surface area (TPSA) is 66.4 Å². The van der Waals surface area contributed by atoms with Crippen molar-refractivity contribution in [2.75, 3.05) is 32.1 Å². The minimum absolute atomic E-state index is 0.0175. The van der Waals surface area contributed by atoms with Gasteiger partial charge in [0.05, 0.1) is 18.4 Å². The molecular weight excluding hydrogens is 440 g/mol. The first-order valence-electron chi connectivity index (χ1n) is 11.9. The minimum atomic E-state index is -0.134. The first-order valence-corrected chi connectivity index (χ1v) is 11.9. The Morgan fingerprint density at radius 3 is 2.60 bits per heavy atom. The molecule has 2 heterocycles. The highest BCUT2D eigenvalue weighted by Crippen LogP contribution is 2.39. The molecule has 1 saturated heterocycles. The van der Waals surface area contributed by atoms with Crippen molar-refractivity contribution in [1.29, 1.82) is 0 Å². The number of urea groups is 1. The molecule has 0 unspecified atom stereocenters. The van der Waals surface area contributed by atoms with E-state index in [1.807, 2.05) is 60.4 Å². The molecule has 1 fully saturated rings. The summed E-state index contributed by atoms with van der Waals surface area (Å²) in [5, 5.41) is 3.00. The van der Waals surface area contributed by atoms with Gasteiger partial charge in [-0.3, -0.25) is 0 Å². The molecule has 2 aliphatic heterocycles. The number of ether oxygens (including phenoxy) is 2. The third kappa shape index (κ3) is 4.54. The molecule has 35 heavy (non-hydrogen) atoms. The average Bonchev–Trinajstić information content (AvgIpc) is 3.00. The van der Waals surface area contributed by atoms with Crippen LogP contribution < -0.4 is 14.8 Å². The van der Waals surface area contributed by atoms with E-state index < -0.39 is 0 Å². The second-order valence-corrected chi connectivity index (χ2v) is 9.13. The number of aliphatic imine (C=N–C) groups is 1. The molecule has 0 radical (unpaired) electrons. The third-order valence-electron chi connectivity index (χ3n) is 6.47. The van der Waals surface area contributed by atoms with E-state index in [1.165, 1.54) is 0 Å². The van der Waals surface area contributed by atoms with Gasteiger partial charge in [0.25, 0.3) is 0 Å². The summed E-state index contributed by atoms with van der Waals surface area (Å²) >= 11 is 0. The van der Waals surface area contributed by atoms with E-state index in [9.17, 15) is 4.79 Å². The average molecular weight is 471 g/mol. The number of rotatable bonds is 2. The first kappa shape index (κ1) is 22.8. The second kappa shape index (κ2) is 9.33. The van der Waals surface area contributed by atoms with Crippen molar-refractivity contribution in [2.24, 2.45) is 4.99 Å². The SMILES string of the molecule is COc1ccccc1NC(=O)N1CCN(C2=Nc3ccc(C)cc3Oc3ccc(C)cc32)C[C@@H]1C. The molecule has 1 atom stereocenters. The van der Waals surface area contributed by atoms with Gasteiger partial charge in [0.15, 0.2) is 5.75 Å². The number of nitrogens with zero attached hydrogens (tertiary/aromatic N) is 3. The zero-order valence-electron chi connectivity index (χ0n) is 20.5. The summed E-state index contributed by atoms with van der Waals surface area (Å²) in [4.78, 5) is 22.3. The molecule has 180 valence electrons. The monoisotopic (exact) mass is 470 g/mol. The highest BCUT2D eigenvalue weighted by Gasteiger charge is 2.32. The predicted octanol–water partition coefficient (Wildman–Crippen LogP) is 5.73. The van der Waals surface area contributed by atoms with Crippen LogP contribution in [-0.2, 0) is 0 Å². The van der Waals surface area contributed by atoms with Gasteiger partial charge in [-0.1, -0.05) is 29.8 Å². The minimum Gasteiger partial charge on any atom is -0.495 e. The number of amidine groups is 1. The van der Waals surface area contributed by atoms with Crippen LogP contribution in [0.3, 0.4) is 0 Å². The van der Waals surface area contributed by atoms with Gasteiger partial charge < -0.3 is 24.6 Å². The number of benzene rings is 3. The van der Waals surface area contributed by atoms with Crippen LogP contribution in [-0.4, -0.2) is 54.5 Å². The molecular formula is C28H30N4O3. The van der Waals surface area contributed by atoms with Crippen LogP contribution in [0.25, 0.3) is 0 Å². The van der Waals surface area contributed by atoms with E-state index in [4.69, 9.17) is 14.5 Å². The molecule has 7 heteroatoms. The van der Waals surface area contributed by atoms with E-state index >= 15 is 0 Å². The van der Waals surface area contributed by atoms with Crippen LogP contribution in [0, 0.1) is 13.8 Å². The van der Waals surface area contributed by atoms with Gasteiger partial charge in [-0.2, -0.15) is 0 Å². The molecule has 0 aliphatic carbocycles. The number of methoxy groups -OCH3 is 1. The lowest BCUT2D eigenvalue weighted by Crippen LogP contribution is -2.56. The zero-order valence-corrected chi connectivity index (χ0v) is 20.5. The predicted molar refractivity (Wildman–Crippen MR) is 138 cm³/mol. The van der Waals surface area contributed by atoms with Crippen molar-refractivity contribution in [3.8, 4) is 17.2 Å². The Kier molecular flexibility index (Phi) is 6.07. The molecule has 0 saturated carbocycles. The lowest BCUT2D eigenvalue weighted by Gasteiger charge is -2.41. The summed E-state index contributed by atoms with van der Waals surface area (Å²) in [5.41, 5.74) is 4.71. The largest absolute Gasteiger partial charge is 0.495 e. The van der Waals surface area contributed by atoms with Crippen LogP contribution in [0.5, 0.6) is 17.2 Å². The maximum absolute atomic E-state index is 13.1. The summed E-state index contributed by atoms with van der Waals surface area (Å²) < 4.78 is 11.7. The first-order chi connectivity index (χ1) is 16.9. The van der Waals surface area contributed by atoms with Crippen LogP contribution in [0.1, 0.15) is 23.6 Å². The van der Waals surface area contributed by atoms with Gasteiger partial charge in [0, 0.05) is 25.7 Å². The quantitative estimate of drug-likeness (QED) is 0.519. The van der Waals surface area contributed by atoms with Crippen molar-refractivity contribution >= 4 is 23.2 Å². The number of nitrogens with one attached hydrogen (secondary N) is 1. The Labute approximate surface area is 206 Å². The Morgan fingerprint density at radius 1 is 1.03 bits per heavy atom. The summed E-state index contributed by atoms with van der Waals surface area (Å²) in [5.74, 6) is 3.07. The van der Waals surface area contributed by atoms with Crippen molar-refractivity contribution < 1.29 is 14.3 Å². The lowest BCUT2D eigenvalue weighted by molar-refractivity contribution is 0.144. The number of aryl methyl sites for hydroxylation is 2. The fourth-order valence-electron chi connectivity index (χ4n) is 4.62. The molecule has 3 aromatic rings. The third-order valence-corrected chi connectivity index (χ3v) is 6.47. The summed E-state index contributed by atoms with van der Waals surface area (Å²) in [6.07, 6.45) is 0. The van der Waals surface area contributed by atoms with Crippen LogP contribution in [0.2, 0.25) is 0 Å². The highest BCUT2D eigenvalue weighted by molar-refractivity contribution is 6.04. The zero-order chi connectivity index (χ0) is 24.5. The van der Waals surface area contributed by atoms with Crippen LogP contribution in [0.4, 0.5) is 16.2 Å². The smallest absolute Gasteiger partial charge is 0.322 e. The number of carbonyl (C=O) groups is 1. The Morgan fingerprint density at radius 2 is 1.80 bits per heavy atom. The Hall–Kier alpha value is -4.00. The molecule has 0 spiro atoms. The molecule has 0 bridgehead atoms. The number of anilines is 1. The van der Waals surface area contributed by atoms with Gasteiger partial charge in [-0.05, 0) is 62.7 Å². The summed E-state index contributed by atoms with van der Waals surface area (Å²) in [6.45, 7) is 8.08. The second-order valence-electron chi connectivity index (χ2n) is 9.13. The number of para-hydroxylation sites is 2. The fraction of sp³-hybridized carbons (Fsp3) is 0.286. The van der Waals surface area contributed by atoms with E-state index in [0.717, 1.165) is 39.7 Å². The lowest BCUT2D eigenvalue weighted by atomic mass is 10.1. The van der Waals surface area contributed by atoms with Gasteiger partial charge >= 0.3 is 6.03 Å². The molecule has 7 nitrogen and oxygen atoms in total. The number of carbonyl (C=O) groups excluding carboxylic acids is 1. The van der Waals surface area contributed by atoms with E-state index in [0.29, 0.717) is 31.1 Å². The van der Waals surface area contributed by atoms with Crippen molar-refractivity contribution in [3.63, 3.8) is 0 Å². The maximum atomic E-state index is 13.1. The maximum Gasteiger partial charge on any atom is 0.322 e. The fourth-order valence-corrected chi connectivity index (χ4v) is 4.62. The number of hydrogen-bond acceptors (Lipinski definition) is 5. The molecule has 3 aromatic carbocycles. The van der Waals surface area contributed by atoms with Crippen molar-refractivity contribution in [1.82, 2.24) is 9.80 Å². The summed E-state index contributed by atoms with van der Waals surface area (Å²) in [6, 6.07) is 19.6. The van der Waals surface area contributed by atoms with Crippen molar-refractivity contribution in [3.05, 3.63) is 77.4 Å². The van der Waals surface area contributed by atoms with E-state index in [2.05, 4.69) is 36.2 Å². The van der Waals surface area contributed by atoms with E-state index in [1.54, 1.807) is 7.11 Å². The summed E-state index contributed by atoms with van der Waals surface area (Å²) in [7, 11) is 1.60.